The molecule has 0 aliphatic heterocycles. The Bertz CT molecular complexity index is 291. The first kappa shape index (κ1) is 11.2. The van der Waals surface area contributed by atoms with Gasteiger partial charge in [0.2, 0.25) is 0 Å². The van der Waals surface area contributed by atoms with E-state index in [1.165, 1.54) is 16.2 Å². The molecule has 1 aromatic heterocycles. The molecule has 0 fully saturated rings. The minimum Gasteiger partial charge on any atom is -0.462 e. The molecule has 0 atom stereocenters. The van der Waals surface area contributed by atoms with Gasteiger partial charge in [-0.2, -0.15) is 0 Å². The molecule has 0 radical (unpaired) electrons. The van der Waals surface area contributed by atoms with E-state index in [0.717, 1.165) is 24.1 Å². The lowest BCUT2D eigenvalue weighted by atomic mass is 10.3. The van der Waals surface area contributed by atoms with E-state index >= 15 is 0 Å². The van der Waals surface area contributed by atoms with Crippen LogP contribution in [0.1, 0.15) is 41.2 Å². The van der Waals surface area contributed by atoms with Crippen molar-refractivity contribution in [2.45, 2.75) is 33.1 Å². The molecule has 1 heterocycles. The van der Waals surface area contributed by atoms with Gasteiger partial charge in [0.1, 0.15) is 4.88 Å². The highest BCUT2D eigenvalue weighted by atomic mass is 32.1. The summed E-state index contributed by atoms with van der Waals surface area (Å²) in [5.41, 5.74) is 0. The third kappa shape index (κ3) is 3.14. The fourth-order valence-corrected chi connectivity index (χ4v) is 1.90. The van der Waals surface area contributed by atoms with Gasteiger partial charge in [0.25, 0.3) is 0 Å². The van der Waals surface area contributed by atoms with E-state index in [1.807, 2.05) is 12.1 Å². The second kappa shape index (κ2) is 5.81. The maximum absolute atomic E-state index is 11.4. The first-order valence-corrected chi connectivity index (χ1v) is 5.85. The van der Waals surface area contributed by atoms with Crippen LogP contribution in [0.15, 0.2) is 12.1 Å². The second-order valence-corrected chi connectivity index (χ2v) is 4.28. The van der Waals surface area contributed by atoms with Crippen LogP contribution in [-0.2, 0) is 11.2 Å². The summed E-state index contributed by atoms with van der Waals surface area (Å²) in [7, 11) is 0. The Kier molecular flexibility index (Phi) is 4.66. The zero-order chi connectivity index (χ0) is 10.4. The van der Waals surface area contributed by atoms with E-state index < -0.39 is 0 Å². The van der Waals surface area contributed by atoms with Crippen LogP contribution >= 0.6 is 11.3 Å². The molecule has 0 bridgehead atoms. The number of thiophene rings is 1. The molecular formula is C11H16O2S. The number of esters is 1. The first-order chi connectivity index (χ1) is 6.77. The fourth-order valence-electron chi connectivity index (χ4n) is 1.06. The van der Waals surface area contributed by atoms with E-state index in [4.69, 9.17) is 4.74 Å². The molecule has 2 nitrogen and oxygen atoms in total. The van der Waals surface area contributed by atoms with Crippen molar-refractivity contribution < 1.29 is 9.53 Å². The maximum atomic E-state index is 11.4. The van der Waals surface area contributed by atoms with Crippen LogP contribution in [0.4, 0.5) is 0 Å². The number of hydrogen-bond donors (Lipinski definition) is 0. The van der Waals surface area contributed by atoms with Crippen molar-refractivity contribution in [3.8, 4) is 0 Å². The number of ether oxygens (including phenoxy) is 1. The number of carbonyl (C=O) groups excluding carboxylic acids is 1. The Morgan fingerprint density at radius 1 is 1.43 bits per heavy atom. The van der Waals surface area contributed by atoms with E-state index in [9.17, 15) is 4.79 Å². The highest BCUT2D eigenvalue weighted by Gasteiger charge is 2.09. The van der Waals surface area contributed by atoms with Crippen molar-refractivity contribution in [2.75, 3.05) is 6.61 Å². The third-order valence-corrected chi connectivity index (χ3v) is 3.15. The van der Waals surface area contributed by atoms with Gasteiger partial charge < -0.3 is 4.74 Å². The van der Waals surface area contributed by atoms with Gasteiger partial charge in [-0.05, 0) is 25.0 Å². The van der Waals surface area contributed by atoms with Gasteiger partial charge in [-0.3, -0.25) is 0 Å². The van der Waals surface area contributed by atoms with E-state index in [2.05, 4.69) is 13.8 Å². The Morgan fingerprint density at radius 2 is 2.21 bits per heavy atom. The Hall–Kier alpha value is -0.830. The third-order valence-electron chi connectivity index (χ3n) is 1.94. The molecule has 3 heteroatoms. The van der Waals surface area contributed by atoms with Gasteiger partial charge in [0, 0.05) is 4.88 Å². The maximum Gasteiger partial charge on any atom is 0.348 e. The van der Waals surface area contributed by atoms with Crippen molar-refractivity contribution in [1.82, 2.24) is 0 Å². The molecule has 0 aliphatic rings. The van der Waals surface area contributed by atoms with Crippen LogP contribution in [0, 0.1) is 0 Å². The number of carbonyl (C=O) groups is 1. The summed E-state index contributed by atoms with van der Waals surface area (Å²) in [5, 5.41) is 0. The SMILES string of the molecule is CCCCOC(=O)c1ccc(CC)s1. The summed E-state index contributed by atoms with van der Waals surface area (Å²) in [6, 6.07) is 3.83. The Labute approximate surface area is 88.9 Å². The van der Waals surface area contributed by atoms with Crippen LogP contribution in [0.5, 0.6) is 0 Å². The highest BCUT2D eigenvalue weighted by molar-refractivity contribution is 7.13. The molecular weight excluding hydrogens is 196 g/mol. The van der Waals surface area contributed by atoms with Crippen LogP contribution in [0.2, 0.25) is 0 Å². The number of hydrogen-bond acceptors (Lipinski definition) is 3. The number of unbranched alkanes of at least 4 members (excludes halogenated alkanes) is 1. The fraction of sp³-hybridized carbons (Fsp3) is 0.545. The Morgan fingerprint density at radius 3 is 2.79 bits per heavy atom. The minimum atomic E-state index is -0.178. The standard InChI is InChI=1S/C11H16O2S/c1-3-5-8-13-11(12)10-7-6-9(4-2)14-10/h6-7H,3-5,8H2,1-2H3. The average molecular weight is 212 g/mol. The van der Waals surface area contributed by atoms with Crippen molar-refractivity contribution in [3.63, 3.8) is 0 Å². The van der Waals surface area contributed by atoms with Gasteiger partial charge >= 0.3 is 5.97 Å². The summed E-state index contributed by atoms with van der Waals surface area (Å²) in [6.45, 7) is 4.70. The van der Waals surface area contributed by atoms with Crippen molar-refractivity contribution >= 4 is 17.3 Å². The lowest BCUT2D eigenvalue weighted by Gasteiger charge is -2.00. The molecule has 0 saturated carbocycles. The summed E-state index contributed by atoms with van der Waals surface area (Å²) < 4.78 is 5.10. The zero-order valence-electron chi connectivity index (χ0n) is 8.71. The molecule has 0 aromatic carbocycles. The van der Waals surface area contributed by atoms with Crippen molar-refractivity contribution in [3.05, 3.63) is 21.9 Å². The summed E-state index contributed by atoms with van der Waals surface area (Å²) in [6.07, 6.45) is 2.97. The normalized spacial score (nSPS) is 10.1. The molecule has 1 rings (SSSR count). The number of aryl methyl sites for hydroxylation is 1. The Balaban J connectivity index is 2.44. The molecule has 0 spiro atoms. The molecule has 0 unspecified atom stereocenters. The largest absolute Gasteiger partial charge is 0.462 e. The monoisotopic (exact) mass is 212 g/mol. The van der Waals surface area contributed by atoms with Crippen molar-refractivity contribution in [2.24, 2.45) is 0 Å². The molecule has 1 aromatic rings. The minimum absolute atomic E-state index is 0.178. The summed E-state index contributed by atoms with van der Waals surface area (Å²) in [4.78, 5) is 13.4. The van der Waals surface area contributed by atoms with E-state index in [-0.39, 0.29) is 5.97 Å². The van der Waals surface area contributed by atoms with E-state index in [0.29, 0.717) is 6.61 Å². The van der Waals surface area contributed by atoms with E-state index in [1.54, 1.807) is 0 Å². The predicted molar refractivity (Wildman–Crippen MR) is 58.9 cm³/mol. The molecule has 0 saturated heterocycles. The lowest BCUT2D eigenvalue weighted by Crippen LogP contribution is -2.03. The van der Waals surface area contributed by atoms with Gasteiger partial charge in [-0.1, -0.05) is 20.3 Å². The smallest absolute Gasteiger partial charge is 0.348 e. The zero-order valence-corrected chi connectivity index (χ0v) is 9.52. The summed E-state index contributed by atoms with van der Waals surface area (Å²) >= 11 is 1.52. The molecule has 0 amide bonds. The molecule has 78 valence electrons. The highest BCUT2D eigenvalue weighted by Crippen LogP contribution is 2.17. The van der Waals surface area contributed by atoms with Gasteiger partial charge in [0.05, 0.1) is 6.61 Å². The van der Waals surface area contributed by atoms with Crippen LogP contribution in [-0.4, -0.2) is 12.6 Å². The molecule has 14 heavy (non-hydrogen) atoms. The van der Waals surface area contributed by atoms with Gasteiger partial charge in [-0.25, -0.2) is 4.79 Å². The summed E-state index contributed by atoms with van der Waals surface area (Å²) in [5.74, 6) is -0.178. The lowest BCUT2D eigenvalue weighted by molar-refractivity contribution is 0.0505. The molecule has 0 N–H and O–H groups in total. The van der Waals surface area contributed by atoms with Crippen molar-refractivity contribution in [1.29, 1.82) is 0 Å². The van der Waals surface area contributed by atoms with Gasteiger partial charge in [0.15, 0.2) is 0 Å². The predicted octanol–water partition coefficient (Wildman–Crippen LogP) is 3.27. The quantitative estimate of drug-likeness (QED) is 0.553. The number of rotatable bonds is 5. The first-order valence-electron chi connectivity index (χ1n) is 5.03. The van der Waals surface area contributed by atoms with Crippen LogP contribution in [0.25, 0.3) is 0 Å². The topological polar surface area (TPSA) is 26.3 Å². The van der Waals surface area contributed by atoms with Crippen LogP contribution < -0.4 is 0 Å². The van der Waals surface area contributed by atoms with Crippen LogP contribution in [0.3, 0.4) is 0 Å². The average Bonchev–Trinajstić information content (AvgIpc) is 2.66. The van der Waals surface area contributed by atoms with Gasteiger partial charge in [-0.15, -0.1) is 11.3 Å². The second-order valence-electron chi connectivity index (χ2n) is 3.11. The molecule has 0 aliphatic carbocycles.